The first kappa shape index (κ1) is 27.5. The zero-order valence-corrected chi connectivity index (χ0v) is 23.8. The van der Waals surface area contributed by atoms with E-state index in [1.54, 1.807) is 24.3 Å². The Morgan fingerprint density at radius 3 is 1.85 bits per heavy atom. The molecular weight excluding hydrogens is 539 g/mol. The highest BCUT2D eigenvalue weighted by Gasteiger charge is 2.48. The second-order valence-electron chi connectivity index (χ2n) is 12.2. The summed E-state index contributed by atoms with van der Waals surface area (Å²) in [5.41, 5.74) is 2.11. The van der Waals surface area contributed by atoms with Gasteiger partial charge in [-0.2, -0.15) is 0 Å². The first-order chi connectivity index (χ1) is 18.2. The number of carboxylic acid groups (broad SMARTS) is 1. The predicted molar refractivity (Wildman–Crippen MR) is 148 cm³/mol. The second-order valence-corrected chi connectivity index (χ2v) is 13.0. The summed E-state index contributed by atoms with van der Waals surface area (Å²) in [6.07, 6.45) is 1.91. The van der Waals surface area contributed by atoms with E-state index in [0.29, 0.717) is 53.9 Å². The lowest BCUT2D eigenvalue weighted by Crippen LogP contribution is -2.37. The highest BCUT2D eigenvalue weighted by Crippen LogP contribution is 2.54. The molecule has 39 heavy (non-hydrogen) atoms. The van der Waals surface area contributed by atoms with Crippen LogP contribution in [-0.2, 0) is 20.9 Å². The Labute approximate surface area is 237 Å². The molecule has 2 aromatic carbocycles. The number of halogens is 2. The van der Waals surface area contributed by atoms with E-state index in [4.69, 9.17) is 37.8 Å². The highest BCUT2D eigenvalue weighted by molar-refractivity contribution is 6.37. The fourth-order valence-electron chi connectivity index (χ4n) is 5.79. The van der Waals surface area contributed by atoms with Gasteiger partial charge in [0, 0.05) is 42.7 Å². The number of allylic oxidation sites excluding steroid dienone is 4. The van der Waals surface area contributed by atoms with Crippen molar-refractivity contribution in [2.75, 3.05) is 0 Å². The summed E-state index contributed by atoms with van der Waals surface area (Å²) in [7, 11) is 0. The molecule has 0 fully saturated rings. The lowest BCUT2D eigenvalue weighted by atomic mass is 9.65. The summed E-state index contributed by atoms with van der Waals surface area (Å²) < 4.78 is 12.3. The summed E-state index contributed by atoms with van der Waals surface area (Å²) >= 11 is 13.4. The van der Waals surface area contributed by atoms with Gasteiger partial charge >= 0.3 is 5.97 Å². The van der Waals surface area contributed by atoms with Gasteiger partial charge in [0.1, 0.15) is 18.1 Å². The minimum atomic E-state index is -1.01. The van der Waals surface area contributed by atoms with Gasteiger partial charge in [0.2, 0.25) is 0 Å². The minimum Gasteiger partial charge on any atom is -0.486 e. The van der Waals surface area contributed by atoms with Crippen molar-refractivity contribution in [1.82, 2.24) is 0 Å². The molecule has 204 valence electrons. The van der Waals surface area contributed by atoms with Crippen LogP contribution >= 0.6 is 23.2 Å². The smallest absolute Gasteiger partial charge is 0.335 e. The normalized spacial score (nSPS) is 20.4. The van der Waals surface area contributed by atoms with E-state index in [1.807, 2.05) is 27.7 Å². The van der Waals surface area contributed by atoms with Gasteiger partial charge in [0.05, 0.1) is 15.6 Å². The molecule has 1 aliphatic heterocycles. The van der Waals surface area contributed by atoms with Crippen molar-refractivity contribution >= 4 is 40.7 Å². The van der Waals surface area contributed by atoms with Crippen LogP contribution in [0.2, 0.25) is 10.0 Å². The maximum absolute atomic E-state index is 13.5. The molecule has 2 aliphatic carbocycles. The molecule has 0 bridgehead atoms. The predicted octanol–water partition coefficient (Wildman–Crippen LogP) is 7.67. The second kappa shape index (κ2) is 9.83. The van der Waals surface area contributed by atoms with Gasteiger partial charge in [-0.05, 0) is 46.2 Å². The average Bonchev–Trinajstić information content (AvgIpc) is 2.80. The minimum absolute atomic E-state index is 0.0344. The molecule has 5 rings (SSSR count). The van der Waals surface area contributed by atoms with Gasteiger partial charge in [-0.15, -0.1) is 0 Å². The number of carbonyl (C=O) groups excluding carboxylic acids is 2. The number of hydrogen-bond donors (Lipinski definition) is 1. The summed E-state index contributed by atoms with van der Waals surface area (Å²) in [6.45, 7) is 8.30. The molecule has 1 heterocycles. The highest BCUT2D eigenvalue weighted by atomic mass is 35.5. The van der Waals surface area contributed by atoms with Crippen molar-refractivity contribution < 1.29 is 29.0 Å². The summed E-state index contributed by atoms with van der Waals surface area (Å²) in [5, 5.41) is 9.60. The van der Waals surface area contributed by atoms with Crippen LogP contribution in [0.4, 0.5) is 0 Å². The Balaban J connectivity index is 1.52. The number of ketones is 2. The lowest BCUT2D eigenvalue weighted by molar-refractivity contribution is -0.120. The van der Waals surface area contributed by atoms with E-state index in [9.17, 15) is 14.4 Å². The van der Waals surface area contributed by atoms with Crippen molar-refractivity contribution in [2.45, 2.75) is 65.9 Å². The first-order valence-corrected chi connectivity index (χ1v) is 13.6. The molecule has 0 amide bonds. The first-order valence-electron chi connectivity index (χ1n) is 12.9. The quantitative estimate of drug-likeness (QED) is 0.398. The Morgan fingerprint density at radius 1 is 0.897 bits per heavy atom. The molecule has 0 aromatic heterocycles. The van der Waals surface area contributed by atoms with Crippen LogP contribution in [0.3, 0.4) is 0 Å². The van der Waals surface area contributed by atoms with Gasteiger partial charge in [-0.25, -0.2) is 4.79 Å². The van der Waals surface area contributed by atoms with Crippen molar-refractivity contribution in [3.05, 3.63) is 85.8 Å². The van der Waals surface area contributed by atoms with Gasteiger partial charge in [0.25, 0.3) is 0 Å². The molecule has 0 radical (unpaired) electrons. The standard InChI is InChI=1S/C31H30Cl2O6/c1-30(2)11-21(34)26-23(13-30)39-24-14-31(3,4)12-22(35)27(24)25(26)18-9-19(32)28(20(33)10-18)38-15-16-5-7-17(8-6-16)29(36)37/h5-10,25H,11-15H2,1-4H3,(H,36,37). The molecule has 8 heteroatoms. The average molecular weight is 569 g/mol. The fraction of sp³-hybridized carbons (Fsp3) is 0.387. The number of aromatic carboxylic acids is 1. The summed E-state index contributed by atoms with van der Waals surface area (Å²) in [6, 6.07) is 9.75. The molecule has 0 saturated heterocycles. The van der Waals surface area contributed by atoms with Crippen molar-refractivity contribution in [2.24, 2.45) is 10.8 Å². The monoisotopic (exact) mass is 568 g/mol. The Kier molecular flexibility index (Phi) is 6.92. The molecule has 3 aliphatic rings. The third-order valence-electron chi connectivity index (χ3n) is 7.52. The number of ether oxygens (including phenoxy) is 2. The number of hydrogen-bond acceptors (Lipinski definition) is 5. The van der Waals surface area contributed by atoms with Gasteiger partial charge in [-0.3, -0.25) is 9.59 Å². The number of carbonyl (C=O) groups is 3. The van der Waals surface area contributed by atoms with Gasteiger partial charge in [0.15, 0.2) is 17.3 Å². The van der Waals surface area contributed by atoms with Crippen LogP contribution in [0.5, 0.6) is 5.75 Å². The third-order valence-corrected chi connectivity index (χ3v) is 8.08. The van der Waals surface area contributed by atoms with Crippen molar-refractivity contribution in [3.8, 4) is 5.75 Å². The van der Waals surface area contributed by atoms with E-state index in [1.165, 1.54) is 12.1 Å². The Bertz CT molecular complexity index is 1390. The number of rotatable bonds is 5. The van der Waals surface area contributed by atoms with E-state index >= 15 is 0 Å². The Morgan fingerprint density at radius 2 is 1.38 bits per heavy atom. The summed E-state index contributed by atoms with van der Waals surface area (Å²) in [4.78, 5) is 38.1. The summed E-state index contributed by atoms with van der Waals surface area (Å²) in [5.74, 6) is -0.157. The molecule has 0 unspecified atom stereocenters. The third kappa shape index (κ3) is 5.37. The largest absolute Gasteiger partial charge is 0.486 e. The molecule has 0 atom stereocenters. The van der Waals surface area contributed by atoms with Gasteiger partial charge in [-0.1, -0.05) is 63.0 Å². The van der Waals surface area contributed by atoms with E-state index in [0.717, 1.165) is 5.56 Å². The van der Waals surface area contributed by atoms with Crippen LogP contribution in [0, 0.1) is 10.8 Å². The maximum atomic E-state index is 13.5. The van der Waals surface area contributed by atoms with Crippen LogP contribution < -0.4 is 4.74 Å². The number of benzene rings is 2. The lowest BCUT2D eigenvalue weighted by Gasteiger charge is -2.42. The zero-order valence-electron chi connectivity index (χ0n) is 22.3. The molecule has 2 aromatic rings. The molecule has 0 saturated carbocycles. The van der Waals surface area contributed by atoms with E-state index in [2.05, 4.69) is 0 Å². The number of Topliss-reactive ketones (excluding diaryl/α,β-unsaturated/α-hetero) is 2. The molecule has 0 spiro atoms. The van der Waals surface area contributed by atoms with Crippen LogP contribution in [0.1, 0.15) is 80.8 Å². The number of carboxylic acids is 1. The van der Waals surface area contributed by atoms with Crippen LogP contribution in [-0.4, -0.2) is 22.6 Å². The molecule has 1 N–H and O–H groups in total. The van der Waals surface area contributed by atoms with E-state index < -0.39 is 11.9 Å². The fourth-order valence-corrected chi connectivity index (χ4v) is 6.40. The molecular formula is C31H30Cl2O6. The zero-order chi connectivity index (χ0) is 28.3. The van der Waals surface area contributed by atoms with E-state index in [-0.39, 0.29) is 50.4 Å². The van der Waals surface area contributed by atoms with Crippen LogP contribution in [0.25, 0.3) is 0 Å². The topological polar surface area (TPSA) is 89.9 Å². The van der Waals surface area contributed by atoms with Crippen LogP contribution in [0.15, 0.2) is 59.1 Å². The van der Waals surface area contributed by atoms with Gasteiger partial charge < -0.3 is 14.6 Å². The van der Waals surface area contributed by atoms with Crippen molar-refractivity contribution in [1.29, 1.82) is 0 Å². The van der Waals surface area contributed by atoms with Crippen molar-refractivity contribution in [3.63, 3.8) is 0 Å². The maximum Gasteiger partial charge on any atom is 0.335 e. The molecule has 6 nitrogen and oxygen atoms in total. The SMILES string of the molecule is CC1(C)CC(=O)C2=C(C1)OC1=C(C(=O)CC(C)(C)C1)C2c1cc(Cl)c(OCc2ccc(C(=O)O)cc2)c(Cl)c1. The Hall–Kier alpha value is -3.09.